The average molecular weight is 227 g/mol. The molecule has 15 heavy (non-hydrogen) atoms. The van der Waals surface area contributed by atoms with Crippen molar-refractivity contribution >= 4 is 11.6 Å². The maximum absolute atomic E-state index is 5.82. The number of rotatable bonds is 3. The standard InChI is InChI=1S/C11H15ClN2O/c1-14-4-2-3-10(14)8-15-11-5-9(12)6-13-7-11/h5-7,10H,2-4,8H2,1H3/t10-/m1/s1. The van der Waals surface area contributed by atoms with Gasteiger partial charge in [0.05, 0.1) is 11.2 Å². The van der Waals surface area contributed by atoms with Gasteiger partial charge in [0.25, 0.3) is 0 Å². The lowest BCUT2D eigenvalue weighted by molar-refractivity contribution is 0.198. The SMILES string of the molecule is CN1CCC[C@@H]1COc1cncc(Cl)c1. The molecule has 82 valence electrons. The predicted octanol–water partition coefficient (Wildman–Crippen LogP) is 2.21. The van der Waals surface area contributed by atoms with E-state index in [1.54, 1.807) is 18.5 Å². The topological polar surface area (TPSA) is 25.4 Å². The molecule has 1 saturated heterocycles. The van der Waals surface area contributed by atoms with Gasteiger partial charge in [-0.3, -0.25) is 4.98 Å². The van der Waals surface area contributed by atoms with Crippen molar-refractivity contribution in [1.29, 1.82) is 0 Å². The monoisotopic (exact) mass is 226 g/mol. The molecule has 1 aliphatic heterocycles. The van der Waals surface area contributed by atoms with Gasteiger partial charge in [-0.05, 0) is 26.4 Å². The van der Waals surface area contributed by atoms with Gasteiger partial charge in [-0.25, -0.2) is 0 Å². The highest BCUT2D eigenvalue weighted by molar-refractivity contribution is 6.30. The summed E-state index contributed by atoms with van der Waals surface area (Å²) in [5.74, 6) is 0.753. The van der Waals surface area contributed by atoms with Crippen molar-refractivity contribution in [3.63, 3.8) is 0 Å². The van der Waals surface area contributed by atoms with Gasteiger partial charge in [0, 0.05) is 18.3 Å². The third kappa shape index (κ3) is 2.83. The zero-order valence-electron chi connectivity index (χ0n) is 8.82. The minimum atomic E-state index is 0.531. The van der Waals surface area contributed by atoms with Crippen LogP contribution in [0.2, 0.25) is 5.02 Å². The smallest absolute Gasteiger partial charge is 0.139 e. The van der Waals surface area contributed by atoms with Crippen LogP contribution in [-0.4, -0.2) is 36.1 Å². The summed E-state index contributed by atoms with van der Waals surface area (Å²) >= 11 is 5.82. The van der Waals surface area contributed by atoms with Crippen LogP contribution >= 0.6 is 11.6 Å². The molecule has 3 nitrogen and oxygen atoms in total. The Labute approximate surface area is 95.0 Å². The lowest BCUT2D eigenvalue weighted by atomic mass is 10.2. The average Bonchev–Trinajstić information content (AvgIpc) is 2.61. The summed E-state index contributed by atoms with van der Waals surface area (Å²) in [6, 6.07) is 2.33. The van der Waals surface area contributed by atoms with Crippen LogP contribution in [0, 0.1) is 0 Å². The van der Waals surface area contributed by atoms with Crippen LogP contribution in [0.15, 0.2) is 18.5 Å². The molecule has 0 aliphatic carbocycles. The fourth-order valence-electron chi connectivity index (χ4n) is 1.85. The van der Waals surface area contributed by atoms with Crippen LogP contribution in [0.1, 0.15) is 12.8 Å². The number of hydrogen-bond donors (Lipinski definition) is 0. The Morgan fingerprint density at radius 1 is 1.60 bits per heavy atom. The molecular formula is C11H15ClN2O. The Morgan fingerprint density at radius 3 is 3.13 bits per heavy atom. The molecule has 0 bridgehead atoms. The third-order valence-electron chi connectivity index (χ3n) is 2.79. The van der Waals surface area contributed by atoms with E-state index in [9.17, 15) is 0 Å². The minimum absolute atomic E-state index is 0.531. The molecule has 2 heterocycles. The number of nitrogens with zero attached hydrogens (tertiary/aromatic N) is 2. The van der Waals surface area contributed by atoms with Crippen molar-refractivity contribution in [2.45, 2.75) is 18.9 Å². The van der Waals surface area contributed by atoms with Crippen LogP contribution in [0.3, 0.4) is 0 Å². The highest BCUT2D eigenvalue weighted by Crippen LogP contribution is 2.18. The summed E-state index contributed by atoms with van der Waals surface area (Å²) in [4.78, 5) is 6.31. The predicted molar refractivity (Wildman–Crippen MR) is 60.4 cm³/mol. The molecule has 0 saturated carbocycles. The number of likely N-dealkylation sites (N-methyl/N-ethyl adjacent to an activating group) is 1. The second-order valence-corrected chi connectivity index (χ2v) is 4.36. The molecule has 2 rings (SSSR count). The molecule has 0 aromatic carbocycles. The fourth-order valence-corrected chi connectivity index (χ4v) is 2.02. The Morgan fingerprint density at radius 2 is 2.47 bits per heavy atom. The first-order valence-corrected chi connectivity index (χ1v) is 5.57. The van der Waals surface area contributed by atoms with E-state index in [4.69, 9.17) is 16.3 Å². The van der Waals surface area contributed by atoms with E-state index in [-0.39, 0.29) is 0 Å². The van der Waals surface area contributed by atoms with Crippen LogP contribution in [0.25, 0.3) is 0 Å². The van der Waals surface area contributed by atoms with Gasteiger partial charge in [0.15, 0.2) is 0 Å². The third-order valence-corrected chi connectivity index (χ3v) is 3.00. The number of aromatic nitrogens is 1. The van der Waals surface area contributed by atoms with E-state index in [2.05, 4.69) is 16.9 Å². The molecule has 1 aromatic rings. The summed E-state index contributed by atoms with van der Waals surface area (Å²) in [6.07, 6.45) is 5.78. The lowest BCUT2D eigenvalue weighted by Gasteiger charge is -2.19. The first-order chi connectivity index (χ1) is 7.25. The maximum atomic E-state index is 5.82. The second-order valence-electron chi connectivity index (χ2n) is 3.93. The number of pyridine rings is 1. The van der Waals surface area contributed by atoms with Crippen molar-refractivity contribution in [3.05, 3.63) is 23.5 Å². The Kier molecular flexibility index (Phi) is 3.44. The maximum Gasteiger partial charge on any atom is 0.139 e. The number of ether oxygens (including phenoxy) is 1. The Hall–Kier alpha value is -0.800. The molecule has 0 N–H and O–H groups in total. The Balaban J connectivity index is 1.87. The van der Waals surface area contributed by atoms with E-state index in [1.807, 2.05) is 0 Å². The van der Waals surface area contributed by atoms with Gasteiger partial charge >= 0.3 is 0 Å². The molecular weight excluding hydrogens is 212 g/mol. The molecule has 1 aliphatic rings. The number of hydrogen-bond acceptors (Lipinski definition) is 3. The van der Waals surface area contributed by atoms with E-state index < -0.39 is 0 Å². The number of likely N-dealkylation sites (tertiary alicyclic amines) is 1. The van der Waals surface area contributed by atoms with Crippen LogP contribution in [0.5, 0.6) is 5.75 Å². The van der Waals surface area contributed by atoms with Gasteiger partial charge in [0.2, 0.25) is 0 Å². The summed E-state index contributed by atoms with van der Waals surface area (Å²) < 4.78 is 5.65. The lowest BCUT2D eigenvalue weighted by Crippen LogP contribution is -2.30. The zero-order chi connectivity index (χ0) is 10.7. The molecule has 0 radical (unpaired) electrons. The van der Waals surface area contributed by atoms with Crippen molar-refractivity contribution in [3.8, 4) is 5.75 Å². The van der Waals surface area contributed by atoms with Crippen molar-refractivity contribution < 1.29 is 4.74 Å². The molecule has 0 spiro atoms. The molecule has 1 atom stereocenters. The van der Waals surface area contributed by atoms with Gasteiger partial charge in [0.1, 0.15) is 12.4 Å². The minimum Gasteiger partial charge on any atom is -0.490 e. The van der Waals surface area contributed by atoms with E-state index in [0.717, 1.165) is 12.4 Å². The molecule has 0 unspecified atom stereocenters. The summed E-state index contributed by atoms with van der Waals surface area (Å²) in [7, 11) is 2.14. The van der Waals surface area contributed by atoms with Crippen molar-refractivity contribution in [1.82, 2.24) is 9.88 Å². The quantitative estimate of drug-likeness (QED) is 0.790. The summed E-state index contributed by atoms with van der Waals surface area (Å²) in [5, 5.41) is 0.618. The van der Waals surface area contributed by atoms with Crippen molar-refractivity contribution in [2.75, 3.05) is 20.2 Å². The Bertz CT molecular complexity index is 332. The highest BCUT2D eigenvalue weighted by Gasteiger charge is 2.21. The van der Waals surface area contributed by atoms with Crippen LogP contribution in [-0.2, 0) is 0 Å². The fraction of sp³-hybridized carbons (Fsp3) is 0.545. The van der Waals surface area contributed by atoms with Crippen LogP contribution in [0.4, 0.5) is 0 Å². The first-order valence-electron chi connectivity index (χ1n) is 5.19. The van der Waals surface area contributed by atoms with Crippen LogP contribution < -0.4 is 4.74 Å². The van der Waals surface area contributed by atoms with E-state index in [0.29, 0.717) is 11.1 Å². The van der Waals surface area contributed by atoms with Gasteiger partial charge in [-0.15, -0.1) is 0 Å². The second kappa shape index (κ2) is 4.81. The zero-order valence-corrected chi connectivity index (χ0v) is 9.57. The number of halogens is 1. The molecule has 4 heteroatoms. The molecule has 1 aromatic heterocycles. The van der Waals surface area contributed by atoms with Gasteiger partial charge in [-0.1, -0.05) is 11.6 Å². The van der Waals surface area contributed by atoms with Gasteiger partial charge < -0.3 is 9.64 Å². The summed E-state index contributed by atoms with van der Waals surface area (Å²) in [5.41, 5.74) is 0. The molecule has 0 amide bonds. The largest absolute Gasteiger partial charge is 0.490 e. The van der Waals surface area contributed by atoms with E-state index in [1.165, 1.54) is 19.4 Å². The highest BCUT2D eigenvalue weighted by atomic mass is 35.5. The van der Waals surface area contributed by atoms with E-state index >= 15 is 0 Å². The first kappa shape index (κ1) is 10.7. The normalized spacial score (nSPS) is 21.9. The van der Waals surface area contributed by atoms with Gasteiger partial charge in [-0.2, -0.15) is 0 Å². The van der Waals surface area contributed by atoms with Crippen molar-refractivity contribution in [2.24, 2.45) is 0 Å². The summed E-state index contributed by atoms with van der Waals surface area (Å²) in [6.45, 7) is 1.89. The molecule has 1 fully saturated rings.